The molecule has 0 amide bonds. The van der Waals surface area contributed by atoms with Crippen LogP contribution in [0, 0.1) is 0 Å². The van der Waals surface area contributed by atoms with Gasteiger partial charge in [0.15, 0.2) is 0 Å². The van der Waals surface area contributed by atoms with Gasteiger partial charge >= 0.3 is 5.97 Å². The maximum absolute atomic E-state index is 11.5. The van der Waals surface area contributed by atoms with Gasteiger partial charge in [0.25, 0.3) is 0 Å². The number of carbonyl (C=O) groups excluding carboxylic acids is 1. The largest absolute Gasteiger partial charge is 0.469 e. The summed E-state index contributed by atoms with van der Waals surface area (Å²) >= 11 is 7.72. The first kappa shape index (κ1) is 14.9. The predicted octanol–water partition coefficient (Wildman–Crippen LogP) is 4.44. The maximum atomic E-state index is 11.5. The van der Waals surface area contributed by atoms with Gasteiger partial charge in [-0.2, -0.15) is 0 Å². The molecule has 0 fully saturated rings. The molecule has 2 rings (SSSR count). The van der Waals surface area contributed by atoms with Gasteiger partial charge in [0.2, 0.25) is 0 Å². The summed E-state index contributed by atoms with van der Waals surface area (Å²) in [5, 5.41) is 0.619. The Hall–Kier alpha value is -1.45. The van der Waals surface area contributed by atoms with Crippen molar-refractivity contribution in [3.8, 4) is 11.1 Å². The van der Waals surface area contributed by atoms with E-state index in [1.165, 1.54) is 12.0 Å². The Kier molecular flexibility index (Phi) is 5.10. The zero-order valence-electron chi connectivity index (χ0n) is 11.4. The summed E-state index contributed by atoms with van der Waals surface area (Å²) in [6, 6.07) is 13.8. The number of methoxy groups -OCH3 is 1. The van der Waals surface area contributed by atoms with E-state index in [2.05, 4.69) is 24.3 Å². The molecule has 0 heterocycles. The molecule has 2 nitrogen and oxygen atoms in total. The highest BCUT2D eigenvalue weighted by Gasteiger charge is 2.10. The fourth-order valence-corrected chi connectivity index (χ4v) is 2.59. The first-order valence-electron chi connectivity index (χ1n) is 6.13. The SMILES string of the molecule is COC(=O)Cc1cc(Cl)ccc1-c1ccc(SC)cc1. The third kappa shape index (κ3) is 3.56. The van der Waals surface area contributed by atoms with E-state index in [0.29, 0.717) is 5.02 Å². The lowest BCUT2D eigenvalue weighted by molar-refractivity contribution is -0.139. The molecule has 0 saturated carbocycles. The Morgan fingerprint density at radius 3 is 2.50 bits per heavy atom. The van der Waals surface area contributed by atoms with E-state index >= 15 is 0 Å². The smallest absolute Gasteiger partial charge is 0.310 e. The summed E-state index contributed by atoms with van der Waals surface area (Å²) in [6.45, 7) is 0. The third-order valence-corrected chi connectivity index (χ3v) is 4.01. The first-order chi connectivity index (χ1) is 9.63. The van der Waals surface area contributed by atoms with Crippen molar-refractivity contribution in [2.75, 3.05) is 13.4 Å². The van der Waals surface area contributed by atoms with E-state index in [-0.39, 0.29) is 12.4 Å². The second-order valence-electron chi connectivity index (χ2n) is 4.28. The van der Waals surface area contributed by atoms with Crippen LogP contribution in [0.1, 0.15) is 5.56 Å². The molecule has 104 valence electrons. The topological polar surface area (TPSA) is 26.3 Å². The lowest BCUT2D eigenvalue weighted by Crippen LogP contribution is -2.05. The van der Waals surface area contributed by atoms with Crippen molar-refractivity contribution in [1.82, 2.24) is 0 Å². The average Bonchev–Trinajstić information content (AvgIpc) is 2.47. The van der Waals surface area contributed by atoms with Crippen LogP contribution in [-0.2, 0) is 16.0 Å². The van der Waals surface area contributed by atoms with E-state index in [0.717, 1.165) is 16.7 Å². The summed E-state index contributed by atoms with van der Waals surface area (Å²) in [7, 11) is 1.39. The summed E-state index contributed by atoms with van der Waals surface area (Å²) in [4.78, 5) is 12.7. The minimum Gasteiger partial charge on any atom is -0.469 e. The molecule has 2 aromatic rings. The number of hydrogen-bond acceptors (Lipinski definition) is 3. The molecule has 0 unspecified atom stereocenters. The van der Waals surface area contributed by atoms with Gasteiger partial charge in [0, 0.05) is 9.92 Å². The van der Waals surface area contributed by atoms with Crippen molar-refractivity contribution in [3.63, 3.8) is 0 Å². The molecule has 4 heteroatoms. The van der Waals surface area contributed by atoms with Gasteiger partial charge in [0.05, 0.1) is 13.5 Å². The minimum absolute atomic E-state index is 0.219. The molecule has 20 heavy (non-hydrogen) atoms. The van der Waals surface area contributed by atoms with Crippen LogP contribution in [0.3, 0.4) is 0 Å². The van der Waals surface area contributed by atoms with Gasteiger partial charge in [-0.3, -0.25) is 4.79 Å². The highest BCUT2D eigenvalue weighted by atomic mass is 35.5. The number of rotatable bonds is 4. The highest BCUT2D eigenvalue weighted by molar-refractivity contribution is 7.98. The summed E-state index contributed by atoms with van der Waals surface area (Å²) in [5.41, 5.74) is 2.95. The highest BCUT2D eigenvalue weighted by Crippen LogP contribution is 2.28. The van der Waals surface area contributed by atoms with E-state index in [1.54, 1.807) is 11.8 Å². The van der Waals surface area contributed by atoms with Crippen LogP contribution in [0.5, 0.6) is 0 Å². The number of halogens is 1. The van der Waals surface area contributed by atoms with Crippen molar-refractivity contribution in [2.24, 2.45) is 0 Å². The van der Waals surface area contributed by atoms with E-state index in [1.807, 2.05) is 24.5 Å². The normalized spacial score (nSPS) is 10.3. The number of ether oxygens (including phenoxy) is 1. The predicted molar refractivity (Wildman–Crippen MR) is 84.4 cm³/mol. The second kappa shape index (κ2) is 6.82. The quantitative estimate of drug-likeness (QED) is 0.617. The Balaban J connectivity index is 2.41. The number of thioether (sulfide) groups is 1. The fraction of sp³-hybridized carbons (Fsp3) is 0.188. The molecule has 2 aromatic carbocycles. The Labute approximate surface area is 128 Å². The fourth-order valence-electron chi connectivity index (χ4n) is 1.99. The third-order valence-electron chi connectivity index (χ3n) is 3.03. The average molecular weight is 307 g/mol. The number of benzene rings is 2. The maximum Gasteiger partial charge on any atom is 0.310 e. The van der Waals surface area contributed by atoms with Gasteiger partial charge in [-0.05, 0) is 47.2 Å². The lowest BCUT2D eigenvalue weighted by Gasteiger charge is -2.10. The minimum atomic E-state index is -0.269. The van der Waals surface area contributed by atoms with Crippen LogP contribution in [0.15, 0.2) is 47.4 Å². The molecule has 0 aliphatic carbocycles. The van der Waals surface area contributed by atoms with Crippen molar-refractivity contribution in [3.05, 3.63) is 53.1 Å². The zero-order chi connectivity index (χ0) is 14.5. The van der Waals surface area contributed by atoms with Crippen LogP contribution in [0.2, 0.25) is 5.02 Å². The van der Waals surface area contributed by atoms with Crippen LogP contribution >= 0.6 is 23.4 Å². The summed E-state index contributed by atoms with van der Waals surface area (Å²) in [6.07, 6.45) is 2.26. The molecule has 0 bridgehead atoms. The van der Waals surface area contributed by atoms with Crippen LogP contribution in [0.25, 0.3) is 11.1 Å². The lowest BCUT2D eigenvalue weighted by atomic mass is 9.98. The molecule has 0 atom stereocenters. The van der Waals surface area contributed by atoms with Gasteiger partial charge < -0.3 is 4.74 Å². The molecule has 0 spiro atoms. The van der Waals surface area contributed by atoms with E-state index in [4.69, 9.17) is 16.3 Å². The van der Waals surface area contributed by atoms with Gasteiger partial charge in [-0.1, -0.05) is 29.8 Å². The molecule has 0 radical (unpaired) electrons. The Bertz CT molecular complexity index is 608. The summed E-state index contributed by atoms with van der Waals surface area (Å²) in [5.74, 6) is -0.269. The van der Waals surface area contributed by atoms with Crippen molar-refractivity contribution in [1.29, 1.82) is 0 Å². The van der Waals surface area contributed by atoms with E-state index < -0.39 is 0 Å². The molecule has 0 aliphatic heterocycles. The van der Waals surface area contributed by atoms with Crippen molar-refractivity contribution < 1.29 is 9.53 Å². The van der Waals surface area contributed by atoms with Crippen LogP contribution in [-0.4, -0.2) is 19.3 Å². The van der Waals surface area contributed by atoms with E-state index in [9.17, 15) is 4.79 Å². The monoisotopic (exact) mass is 306 g/mol. The molecular weight excluding hydrogens is 292 g/mol. The number of carbonyl (C=O) groups is 1. The molecule has 0 saturated heterocycles. The van der Waals surface area contributed by atoms with Crippen LogP contribution < -0.4 is 0 Å². The van der Waals surface area contributed by atoms with Gasteiger partial charge in [-0.15, -0.1) is 11.8 Å². The number of esters is 1. The van der Waals surface area contributed by atoms with Crippen LogP contribution in [0.4, 0.5) is 0 Å². The molecule has 0 aromatic heterocycles. The molecular formula is C16H15ClO2S. The second-order valence-corrected chi connectivity index (χ2v) is 5.60. The molecule has 0 N–H and O–H groups in total. The van der Waals surface area contributed by atoms with Crippen molar-refractivity contribution in [2.45, 2.75) is 11.3 Å². The Morgan fingerprint density at radius 1 is 1.20 bits per heavy atom. The number of hydrogen-bond donors (Lipinski definition) is 0. The summed E-state index contributed by atoms with van der Waals surface area (Å²) < 4.78 is 4.74. The first-order valence-corrected chi connectivity index (χ1v) is 7.74. The Morgan fingerprint density at radius 2 is 1.90 bits per heavy atom. The zero-order valence-corrected chi connectivity index (χ0v) is 12.9. The molecule has 0 aliphatic rings. The van der Waals surface area contributed by atoms with Crippen molar-refractivity contribution >= 4 is 29.3 Å². The van der Waals surface area contributed by atoms with Gasteiger partial charge in [-0.25, -0.2) is 0 Å². The standard InChI is InChI=1S/C16H15ClO2S/c1-19-16(18)10-12-9-13(17)5-8-15(12)11-3-6-14(20-2)7-4-11/h3-9H,10H2,1-2H3. The van der Waals surface area contributed by atoms with Gasteiger partial charge in [0.1, 0.15) is 0 Å².